The van der Waals surface area contributed by atoms with Crippen molar-refractivity contribution in [1.82, 2.24) is 0 Å². The van der Waals surface area contributed by atoms with Gasteiger partial charge in [0.2, 0.25) is 0 Å². The molecule has 0 spiro atoms. The second-order valence-electron chi connectivity index (χ2n) is 9.64. The summed E-state index contributed by atoms with van der Waals surface area (Å²) in [5.74, 6) is 0. The number of nitrogens with zero attached hydrogens (tertiary/aromatic N) is 2. The third-order valence-corrected chi connectivity index (χ3v) is 8.50. The largest absolute Gasteiger partial charge is 0.342 e. The molecule has 0 fully saturated rings. The molecule has 4 aromatic carbocycles. The molecule has 4 aromatic rings. The predicted molar refractivity (Wildman–Crippen MR) is 169 cm³/mol. The SMILES string of the molecule is CCN(c1ccc(C(=C2C=CC(=Nc3cccc(S(=O)(=O)O)c3)C=C2)c2ccccc2)cc1)c1cccc(S(=O)(=O)O)c1. The van der Waals surface area contributed by atoms with Crippen molar-refractivity contribution in [1.29, 1.82) is 0 Å². The van der Waals surface area contributed by atoms with Gasteiger partial charge in [-0.3, -0.25) is 9.11 Å². The van der Waals surface area contributed by atoms with Crippen LogP contribution in [0.2, 0.25) is 0 Å². The Kier molecular flexibility index (Phi) is 8.56. The number of anilines is 2. The highest BCUT2D eigenvalue weighted by Gasteiger charge is 2.16. The van der Waals surface area contributed by atoms with E-state index in [1.807, 2.05) is 90.7 Å². The molecule has 1 aliphatic carbocycles. The first-order valence-corrected chi connectivity index (χ1v) is 16.2. The van der Waals surface area contributed by atoms with Crippen LogP contribution in [0.1, 0.15) is 18.1 Å². The van der Waals surface area contributed by atoms with Crippen LogP contribution in [-0.2, 0) is 20.2 Å². The van der Waals surface area contributed by atoms with Crippen molar-refractivity contribution in [2.75, 3.05) is 11.4 Å². The van der Waals surface area contributed by atoms with Gasteiger partial charge in [-0.15, -0.1) is 0 Å². The van der Waals surface area contributed by atoms with Crippen molar-refractivity contribution >= 4 is 48.6 Å². The van der Waals surface area contributed by atoms with Gasteiger partial charge in [0, 0.05) is 17.9 Å². The van der Waals surface area contributed by atoms with Crippen LogP contribution in [0.15, 0.2) is 148 Å². The second-order valence-corrected chi connectivity index (χ2v) is 12.5. The van der Waals surface area contributed by atoms with E-state index in [2.05, 4.69) is 4.99 Å². The average Bonchev–Trinajstić information content (AvgIpc) is 2.99. The van der Waals surface area contributed by atoms with Crippen molar-refractivity contribution in [3.05, 3.63) is 144 Å². The van der Waals surface area contributed by atoms with Crippen LogP contribution in [-0.4, -0.2) is 38.2 Å². The van der Waals surface area contributed by atoms with E-state index in [9.17, 15) is 25.9 Å². The summed E-state index contributed by atoms with van der Waals surface area (Å²) < 4.78 is 65.2. The molecule has 0 unspecified atom stereocenters. The van der Waals surface area contributed by atoms with E-state index in [0.29, 0.717) is 23.6 Å². The van der Waals surface area contributed by atoms with E-state index in [0.717, 1.165) is 28.0 Å². The van der Waals surface area contributed by atoms with Gasteiger partial charge >= 0.3 is 0 Å². The molecule has 43 heavy (non-hydrogen) atoms. The molecule has 0 saturated carbocycles. The number of allylic oxidation sites excluding steroid dienone is 5. The van der Waals surface area contributed by atoms with E-state index < -0.39 is 20.2 Å². The summed E-state index contributed by atoms with van der Waals surface area (Å²) in [6.07, 6.45) is 7.57. The Morgan fingerprint density at radius 3 is 1.84 bits per heavy atom. The maximum absolute atomic E-state index is 11.7. The highest BCUT2D eigenvalue weighted by atomic mass is 32.2. The van der Waals surface area contributed by atoms with Gasteiger partial charge in [0.05, 0.1) is 21.2 Å². The molecule has 0 bridgehead atoms. The molecule has 10 heteroatoms. The first-order chi connectivity index (χ1) is 20.5. The topological polar surface area (TPSA) is 124 Å². The quantitative estimate of drug-likeness (QED) is 0.205. The zero-order valence-corrected chi connectivity index (χ0v) is 24.7. The van der Waals surface area contributed by atoms with E-state index in [1.165, 1.54) is 30.3 Å². The molecule has 8 nitrogen and oxygen atoms in total. The van der Waals surface area contributed by atoms with E-state index in [1.54, 1.807) is 18.2 Å². The van der Waals surface area contributed by atoms with Crippen LogP contribution >= 0.6 is 0 Å². The summed E-state index contributed by atoms with van der Waals surface area (Å²) in [5.41, 5.74) is 6.41. The summed E-state index contributed by atoms with van der Waals surface area (Å²) in [6.45, 7) is 2.53. The van der Waals surface area contributed by atoms with Gasteiger partial charge in [0.1, 0.15) is 0 Å². The van der Waals surface area contributed by atoms with E-state index >= 15 is 0 Å². The predicted octanol–water partition coefficient (Wildman–Crippen LogP) is 7.04. The summed E-state index contributed by atoms with van der Waals surface area (Å²) in [7, 11) is -8.66. The molecule has 2 N–H and O–H groups in total. The number of aliphatic imine (C=N–C) groups is 1. The van der Waals surface area contributed by atoms with Gasteiger partial charge in [-0.25, -0.2) is 4.99 Å². The third-order valence-electron chi connectivity index (χ3n) is 6.80. The Labute approximate surface area is 251 Å². The highest BCUT2D eigenvalue weighted by molar-refractivity contribution is 7.86. The molecular weight excluding hydrogens is 585 g/mol. The molecule has 1 aliphatic rings. The Morgan fingerprint density at radius 2 is 1.23 bits per heavy atom. The molecule has 0 heterocycles. The van der Waals surface area contributed by atoms with Gasteiger partial charge < -0.3 is 4.90 Å². The molecule has 218 valence electrons. The third kappa shape index (κ3) is 7.07. The van der Waals surface area contributed by atoms with E-state index in [-0.39, 0.29) is 9.79 Å². The molecule has 0 saturated heterocycles. The first-order valence-electron chi connectivity index (χ1n) is 13.3. The van der Waals surface area contributed by atoms with Crippen molar-refractivity contribution < 1.29 is 25.9 Å². The minimum Gasteiger partial charge on any atom is -0.342 e. The summed E-state index contributed by atoms with van der Waals surface area (Å²) in [5, 5.41) is 0. The fourth-order valence-corrected chi connectivity index (χ4v) is 5.84. The van der Waals surface area contributed by atoms with Gasteiger partial charge in [-0.2, -0.15) is 16.8 Å². The summed E-state index contributed by atoms with van der Waals surface area (Å²) in [6, 6.07) is 29.9. The second kappa shape index (κ2) is 12.3. The van der Waals surface area contributed by atoms with Crippen LogP contribution in [0.5, 0.6) is 0 Å². The van der Waals surface area contributed by atoms with Crippen molar-refractivity contribution in [3.63, 3.8) is 0 Å². The highest BCUT2D eigenvalue weighted by Crippen LogP contribution is 2.33. The molecule has 5 rings (SSSR count). The minimum absolute atomic E-state index is 0.166. The van der Waals surface area contributed by atoms with Crippen LogP contribution in [0.25, 0.3) is 5.57 Å². The lowest BCUT2D eigenvalue weighted by Gasteiger charge is -2.24. The van der Waals surface area contributed by atoms with Crippen molar-refractivity contribution in [3.8, 4) is 0 Å². The number of rotatable bonds is 8. The van der Waals surface area contributed by atoms with Gasteiger partial charge in [-0.05, 0) is 89.9 Å². The standard InChI is InChI=1S/C33H28N2O6S2/c1-2-35(30-11-7-13-32(23-30)43(39,40)41)29-20-16-26(17-21-29)33(24-8-4-3-5-9-24)25-14-18-27(19-15-25)34-28-10-6-12-31(22-28)42(36,37)38/h3-23H,2H2,1H3,(H,36,37,38)(H,39,40,41). The van der Waals surface area contributed by atoms with Crippen LogP contribution in [0.4, 0.5) is 17.1 Å². The molecule has 0 aromatic heterocycles. The average molecular weight is 613 g/mol. The number of hydrogen-bond acceptors (Lipinski definition) is 6. The fraction of sp³-hybridized carbons (Fsp3) is 0.0606. The van der Waals surface area contributed by atoms with Crippen molar-refractivity contribution in [2.24, 2.45) is 4.99 Å². The summed E-state index contributed by atoms with van der Waals surface area (Å²) >= 11 is 0. The maximum atomic E-state index is 11.7. The summed E-state index contributed by atoms with van der Waals surface area (Å²) in [4.78, 5) is 6.07. The minimum atomic E-state index is -4.33. The first kappa shape index (κ1) is 29.9. The molecule has 0 aliphatic heterocycles. The van der Waals surface area contributed by atoms with E-state index in [4.69, 9.17) is 0 Å². The zero-order chi connectivity index (χ0) is 30.6. The maximum Gasteiger partial charge on any atom is 0.294 e. The smallest absolute Gasteiger partial charge is 0.294 e. The Bertz CT molecular complexity index is 1980. The van der Waals surface area contributed by atoms with Crippen LogP contribution in [0, 0.1) is 0 Å². The lowest BCUT2D eigenvalue weighted by Crippen LogP contribution is -2.16. The number of benzene rings is 4. The zero-order valence-electron chi connectivity index (χ0n) is 23.1. The lowest BCUT2D eigenvalue weighted by atomic mass is 9.90. The lowest BCUT2D eigenvalue weighted by molar-refractivity contribution is 0.481. The molecule has 0 amide bonds. The molecular formula is C33H28N2O6S2. The monoisotopic (exact) mass is 612 g/mol. The van der Waals surface area contributed by atoms with Gasteiger partial charge in [-0.1, -0.05) is 66.7 Å². The molecule has 0 atom stereocenters. The van der Waals surface area contributed by atoms with Crippen LogP contribution < -0.4 is 4.90 Å². The Balaban J connectivity index is 1.49. The van der Waals surface area contributed by atoms with Gasteiger partial charge in [0.25, 0.3) is 20.2 Å². The van der Waals surface area contributed by atoms with Gasteiger partial charge in [0.15, 0.2) is 0 Å². The molecule has 0 radical (unpaired) electrons. The Hall–Kier alpha value is -4.61. The normalized spacial score (nSPS) is 13.2. The fourth-order valence-electron chi connectivity index (χ4n) is 4.80. The Morgan fingerprint density at radius 1 is 0.651 bits per heavy atom. The van der Waals surface area contributed by atoms with Crippen LogP contribution in [0.3, 0.4) is 0 Å². The number of hydrogen-bond donors (Lipinski definition) is 2. The van der Waals surface area contributed by atoms with Crippen molar-refractivity contribution in [2.45, 2.75) is 16.7 Å².